The fraction of sp³-hybridized carbons (Fsp3) is 0.333. The summed E-state index contributed by atoms with van der Waals surface area (Å²) in [6, 6.07) is 5.85. The first kappa shape index (κ1) is 21.4. The normalized spacial score (nSPS) is 12.2. The molecule has 3 heterocycles. The van der Waals surface area contributed by atoms with Gasteiger partial charge in [0.15, 0.2) is 16.6 Å². The smallest absolute Gasteiger partial charge is 0.350 e. The minimum Gasteiger partial charge on any atom is -0.462 e. The molecule has 0 saturated carbocycles. The van der Waals surface area contributed by atoms with Gasteiger partial charge in [-0.15, -0.1) is 0 Å². The average molecular weight is 460 g/mol. The van der Waals surface area contributed by atoms with E-state index in [9.17, 15) is 9.59 Å². The standard InChI is InChI=1S/C21H21N3O5S2/c1-4-12-6-13-7-15-16(29-10-28-15)8-14(13)23-19(12)30-9-17(25)24-21-22-11(3)18(31-21)20(26)27-5-2/h6-8H,4-5,9-10H2,1-3H3,(H,22,24,25). The van der Waals surface area contributed by atoms with Gasteiger partial charge >= 0.3 is 5.97 Å². The third-order valence-electron chi connectivity index (χ3n) is 4.57. The Kier molecular flexibility index (Phi) is 6.28. The summed E-state index contributed by atoms with van der Waals surface area (Å²) in [7, 11) is 0. The van der Waals surface area contributed by atoms with Crippen LogP contribution >= 0.6 is 23.1 Å². The summed E-state index contributed by atoms with van der Waals surface area (Å²) >= 11 is 2.47. The van der Waals surface area contributed by atoms with E-state index in [0.29, 0.717) is 21.5 Å². The topological polar surface area (TPSA) is 99.6 Å². The van der Waals surface area contributed by atoms with Crippen molar-refractivity contribution >= 4 is 51.0 Å². The largest absolute Gasteiger partial charge is 0.462 e. The molecule has 2 aromatic heterocycles. The first-order valence-electron chi connectivity index (χ1n) is 9.79. The number of benzene rings is 1. The van der Waals surface area contributed by atoms with Gasteiger partial charge in [-0.05, 0) is 38.0 Å². The summed E-state index contributed by atoms with van der Waals surface area (Å²) in [5, 5.41) is 4.90. The third-order valence-corrected chi connectivity index (χ3v) is 6.66. The first-order chi connectivity index (χ1) is 15.0. The number of amides is 1. The van der Waals surface area contributed by atoms with Gasteiger partial charge in [-0.3, -0.25) is 4.79 Å². The van der Waals surface area contributed by atoms with Crippen molar-refractivity contribution < 1.29 is 23.8 Å². The molecule has 31 heavy (non-hydrogen) atoms. The van der Waals surface area contributed by atoms with E-state index in [2.05, 4.69) is 23.3 Å². The number of ether oxygens (including phenoxy) is 3. The first-order valence-corrected chi connectivity index (χ1v) is 11.6. The second-order valence-electron chi connectivity index (χ2n) is 6.70. The van der Waals surface area contributed by atoms with Gasteiger partial charge in [0.1, 0.15) is 9.90 Å². The van der Waals surface area contributed by atoms with E-state index in [-0.39, 0.29) is 25.1 Å². The Morgan fingerprint density at radius 1 is 1.19 bits per heavy atom. The maximum Gasteiger partial charge on any atom is 0.350 e. The molecule has 4 rings (SSSR count). The van der Waals surface area contributed by atoms with Gasteiger partial charge in [0, 0.05) is 11.5 Å². The van der Waals surface area contributed by atoms with Crippen LogP contribution in [0.15, 0.2) is 23.2 Å². The van der Waals surface area contributed by atoms with Crippen molar-refractivity contribution in [1.82, 2.24) is 9.97 Å². The minimum absolute atomic E-state index is 0.170. The van der Waals surface area contributed by atoms with Crippen molar-refractivity contribution in [3.63, 3.8) is 0 Å². The highest BCUT2D eigenvalue weighted by Gasteiger charge is 2.19. The van der Waals surface area contributed by atoms with Crippen LogP contribution < -0.4 is 14.8 Å². The second-order valence-corrected chi connectivity index (χ2v) is 8.66. The number of aryl methyl sites for hydroxylation is 2. The van der Waals surface area contributed by atoms with Crippen LogP contribution in [0.2, 0.25) is 0 Å². The van der Waals surface area contributed by atoms with E-state index in [1.807, 2.05) is 12.1 Å². The molecule has 8 nitrogen and oxygen atoms in total. The highest BCUT2D eigenvalue weighted by Crippen LogP contribution is 2.37. The van der Waals surface area contributed by atoms with Crippen LogP contribution in [0.25, 0.3) is 10.9 Å². The van der Waals surface area contributed by atoms with Crippen LogP contribution in [-0.2, 0) is 16.0 Å². The Morgan fingerprint density at radius 3 is 2.71 bits per heavy atom. The molecule has 1 amide bonds. The minimum atomic E-state index is -0.429. The molecular weight excluding hydrogens is 438 g/mol. The zero-order valence-corrected chi connectivity index (χ0v) is 18.9. The maximum absolute atomic E-state index is 12.5. The molecule has 0 aliphatic carbocycles. The SMILES string of the molecule is CCOC(=O)c1sc(NC(=O)CSc2nc3cc4c(cc3cc2CC)OCO4)nc1C. The number of rotatable bonds is 7. The van der Waals surface area contributed by atoms with Gasteiger partial charge in [0.05, 0.1) is 23.6 Å². The zero-order valence-electron chi connectivity index (χ0n) is 17.3. The summed E-state index contributed by atoms with van der Waals surface area (Å²) in [5.41, 5.74) is 2.38. The van der Waals surface area contributed by atoms with Gasteiger partial charge < -0.3 is 19.5 Å². The van der Waals surface area contributed by atoms with E-state index in [1.165, 1.54) is 11.8 Å². The Morgan fingerprint density at radius 2 is 1.97 bits per heavy atom. The Labute approximate surface area is 187 Å². The number of nitrogens with one attached hydrogen (secondary N) is 1. The third kappa shape index (κ3) is 4.59. The number of anilines is 1. The number of fused-ring (bicyclic) bond motifs is 2. The van der Waals surface area contributed by atoms with Gasteiger partial charge in [-0.2, -0.15) is 0 Å². The number of carbonyl (C=O) groups excluding carboxylic acids is 2. The van der Waals surface area contributed by atoms with E-state index in [0.717, 1.165) is 45.0 Å². The number of esters is 1. The van der Waals surface area contributed by atoms with Gasteiger partial charge in [0.2, 0.25) is 12.7 Å². The fourth-order valence-electron chi connectivity index (χ4n) is 3.09. The number of thiazole rings is 1. The molecule has 162 valence electrons. The van der Waals surface area contributed by atoms with E-state index in [1.54, 1.807) is 13.8 Å². The molecular formula is C21H21N3O5S2. The Bertz CT molecular complexity index is 1160. The lowest BCUT2D eigenvalue weighted by Crippen LogP contribution is -2.14. The van der Waals surface area contributed by atoms with Crippen LogP contribution in [0.5, 0.6) is 11.5 Å². The number of hydrogen-bond acceptors (Lipinski definition) is 9. The zero-order chi connectivity index (χ0) is 22.0. The molecule has 0 spiro atoms. The summed E-state index contributed by atoms with van der Waals surface area (Å²) in [4.78, 5) is 33.8. The van der Waals surface area contributed by atoms with E-state index < -0.39 is 5.97 Å². The second kappa shape index (κ2) is 9.11. The van der Waals surface area contributed by atoms with Crippen molar-refractivity contribution in [2.45, 2.75) is 32.2 Å². The summed E-state index contributed by atoms with van der Waals surface area (Å²) in [6.07, 6.45) is 0.788. The molecule has 0 saturated heterocycles. The predicted octanol–water partition coefficient (Wildman–Crippen LogP) is 4.20. The monoisotopic (exact) mass is 459 g/mol. The molecule has 0 fully saturated rings. The highest BCUT2D eigenvalue weighted by molar-refractivity contribution is 8.00. The molecule has 1 N–H and O–H groups in total. The number of carbonyl (C=O) groups is 2. The van der Waals surface area contributed by atoms with Crippen LogP contribution in [0.1, 0.15) is 34.8 Å². The van der Waals surface area contributed by atoms with Crippen molar-refractivity contribution in [1.29, 1.82) is 0 Å². The molecule has 1 aromatic carbocycles. The molecule has 3 aromatic rings. The van der Waals surface area contributed by atoms with E-state index in [4.69, 9.17) is 19.2 Å². The van der Waals surface area contributed by atoms with E-state index >= 15 is 0 Å². The van der Waals surface area contributed by atoms with Crippen LogP contribution in [-0.4, -0.2) is 41.0 Å². The van der Waals surface area contributed by atoms with Crippen molar-refractivity contribution in [2.24, 2.45) is 0 Å². The Hall–Kier alpha value is -2.85. The van der Waals surface area contributed by atoms with Crippen LogP contribution in [0, 0.1) is 6.92 Å². The lowest BCUT2D eigenvalue weighted by molar-refractivity contribution is -0.113. The van der Waals surface area contributed by atoms with Crippen molar-refractivity contribution in [3.05, 3.63) is 34.3 Å². The number of nitrogens with zero attached hydrogens (tertiary/aromatic N) is 2. The fourth-order valence-corrected chi connectivity index (χ4v) is 4.86. The van der Waals surface area contributed by atoms with Gasteiger partial charge in [-0.1, -0.05) is 30.0 Å². The van der Waals surface area contributed by atoms with Crippen molar-refractivity contribution in [2.75, 3.05) is 24.5 Å². The summed E-state index contributed by atoms with van der Waals surface area (Å²) in [6.45, 7) is 6.01. The van der Waals surface area contributed by atoms with Crippen LogP contribution in [0.3, 0.4) is 0 Å². The molecule has 10 heteroatoms. The number of thioether (sulfide) groups is 1. The van der Waals surface area contributed by atoms with Gasteiger partial charge in [0.25, 0.3) is 0 Å². The van der Waals surface area contributed by atoms with Gasteiger partial charge in [-0.25, -0.2) is 14.8 Å². The van der Waals surface area contributed by atoms with Crippen LogP contribution in [0.4, 0.5) is 5.13 Å². The average Bonchev–Trinajstić information content (AvgIpc) is 3.35. The summed E-state index contributed by atoms with van der Waals surface area (Å²) < 4.78 is 15.9. The molecule has 0 atom stereocenters. The Balaban J connectivity index is 1.46. The molecule has 0 unspecified atom stereocenters. The molecule has 0 bridgehead atoms. The quantitative estimate of drug-likeness (QED) is 0.415. The number of aromatic nitrogens is 2. The number of pyridine rings is 1. The molecule has 1 aliphatic rings. The molecule has 0 radical (unpaired) electrons. The molecule has 1 aliphatic heterocycles. The highest BCUT2D eigenvalue weighted by atomic mass is 32.2. The maximum atomic E-state index is 12.5. The summed E-state index contributed by atoms with van der Waals surface area (Å²) in [5.74, 6) is 0.917. The predicted molar refractivity (Wildman–Crippen MR) is 119 cm³/mol. The lowest BCUT2D eigenvalue weighted by Gasteiger charge is -2.09. The lowest BCUT2D eigenvalue weighted by atomic mass is 10.1. The van der Waals surface area contributed by atoms with Crippen molar-refractivity contribution in [3.8, 4) is 11.5 Å². The number of hydrogen-bond donors (Lipinski definition) is 1.